The summed E-state index contributed by atoms with van der Waals surface area (Å²) in [6.07, 6.45) is 0. The van der Waals surface area contributed by atoms with Gasteiger partial charge in [0.15, 0.2) is 5.88 Å². The number of rotatable bonds is 6. The number of aromatic nitrogens is 1. The number of para-hydroxylation sites is 1. The number of anilines is 1. The number of nitrogens with zero attached hydrogens (tertiary/aromatic N) is 2. The maximum Gasteiger partial charge on any atom is 0.300 e. The van der Waals surface area contributed by atoms with Crippen LogP contribution in [0.4, 0.5) is 11.4 Å². The molecule has 0 atom stereocenters. The molecule has 6 heteroatoms. The van der Waals surface area contributed by atoms with Crippen LogP contribution in [0.15, 0.2) is 108 Å². The molecule has 0 saturated heterocycles. The lowest BCUT2D eigenvalue weighted by Gasteiger charge is -2.10. The van der Waals surface area contributed by atoms with Gasteiger partial charge in [0, 0.05) is 34.7 Å². The van der Waals surface area contributed by atoms with Crippen LogP contribution in [0.5, 0.6) is 5.88 Å². The molecular weight excluding hydrogens is 484 g/mol. The van der Waals surface area contributed by atoms with E-state index in [2.05, 4.69) is 39.2 Å². The molecule has 4 aromatic carbocycles. The van der Waals surface area contributed by atoms with Crippen molar-refractivity contribution in [1.82, 2.24) is 9.88 Å². The van der Waals surface area contributed by atoms with Gasteiger partial charge in [0.05, 0.1) is 22.5 Å². The number of hydrogen-bond donors (Lipinski definition) is 3. The van der Waals surface area contributed by atoms with E-state index in [-0.39, 0.29) is 5.88 Å². The first kappa shape index (κ1) is 25.5. The highest BCUT2D eigenvalue weighted by Crippen LogP contribution is 2.32. The molecule has 0 saturated carbocycles. The van der Waals surface area contributed by atoms with Crippen molar-refractivity contribution in [3.63, 3.8) is 0 Å². The fraction of sp³-hybridized carbons (Fsp3) is 0.0909. The van der Waals surface area contributed by atoms with Gasteiger partial charge in [-0.25, -0.2) is 4.99 Å². The quantitative estimate of drug-likeness (QED) is 0.190. The number of benzene rings is 4. The van der Waals surface area contributed by atoms with E-state index >= 15 is 0 Å². The topological polar surface area (TPSA) is 80.7 Å². The second-order valence-corrected chi connectivity index (χ2v) is 9.41. The largest absolute Gasteiger partial charge is 0.494 e. The van der Waals surface area contributed by atoms with Crippen molar-refractivity contribution in [2.75, 3.05) is 19.4 Å². The number of aromatic hydroxyl groups is 1. The Morgan fingerprint density at radius 2 is 1.62 bits per heavy atom. The maximum atomic E-state index is 12.3. The fourth-order valence-electron chi connectivity index (χ4n) is 4.34. The second-order valence-electron chi connectivity index (χ2n) is 9.41. The summed E-state index contributed by atoms with van der Waals surface area (Å²) in [5, 5.41) is 14.6. The van der Waals surface area contributed by atoms with Crippen molar-refractivity contribution in [2.24, 2.45) is 4.99 Å². The lowest BCUT2D eigenvalue weighted by Crippen LogP contribution is -2.10. The van der Waals surface area contributed by atoms with Crippen LogP contribution in [0, 0.1) is 11.8 Å². The van der Waals surface area contributed by atoms with E-state index in [1.54, 1.807) is 12.1 Å². The molecule has 0 spiro atoms. The second kappa shape index (κ2) is 11.5. The van der Waals surface area contributed by atoms with Crippen LogP contribution >= 0.6 is 0 Å². The Kier molecular flexibility index (Phi) is 7.53. The Hall–Kier alpha value is -5.12. The van der Waals surface area contributed by atoms with E-state index in [4.69, 9.17) is 4.99 Å². The first-order chi connectivity index (χ1) is 19.0. The molecule has 0 aliphatic rings. The molecule has 1 heterocycles. The Morgan fingerprint density at radius 3 is 2.31 bits per heavy atom. The first-order valence-electron chi connectivity index (χ1n) is 12.6. The van der Waals surface area contributed by atoms with Crippen LogP contribution in [0.1, 0.15) is 22.3 Å². The van der Waals surface area contributed by atoms with Gasteiger partial charge in [-0.1, -0.05) is 72.7 Å². The average molecular weight is 513 g/mol. The summed E-state index contributed by atoms with van der Waals surface area (Å²) >= 11 is 0. The lowest BCUT2D eigenvalue weighted by atomic mass is 10.00. The van der Waals surface area contributed by atoms with E-state index in [0.29, 0.717) is 28.0 Å². The van der Waals surface area contributed by atoms with Crippen molar-refractivity contribution in [3.8, 4) is 17.7 Å². The molecule has 0 unspecified atom stereocenters. The van der Waals surface area contributed by atoms with Crippen LogP contribution in [-0.4, -0.2) is 40.7 Å². The Balaban J connectivity index is 1.49. The van der Waals surface area contributed by atoms with Crippen molar-refractivity contribution in [1.29, 1.82) is 0 Å². The average Bonchev–Trinajstić information content (AvgIpc) is 3.27. The summed E-state index contributed by atoms with van der Waals surface area (Å²) in [7, 11) is 4.08. The molecule has 1 amide bonds. The third-order valence-corrected chi connectivity index (χ3v) is 6.09. The minimum Gasteiger partial charge on any atom is -0.494 e. The van der Waals surface area contributed by atoms with E-state index < -0.39 is 5.91 Å². The molecule has 5 rings (SSSR count). The number of carbonyl (C=O) groups is 1. The molecule has 3 N–H and O–H groups in total. The number of H-pyrrole nitrogens is 1. The number of carbonyl (C=O) groups excluding carboxylic acids is 1. The summed E-state index contributed by atoms with van der Waals surface area (Å²) in [6, 6.07) is 32.6. The molecule has 0 aliphatic heterocycles. The molecule has 1 aromatic heterocycles. The number of amides is 1. The molecule has 0 radical (unpaired) electrons. The van der Waals surface area contributed by atoms with Gasteiger partial charge in [0.2, 0.25) is 0 Å². The third-order valence-electron chi connectivity index (χ3n) is 6.09. The van der Waals surface area contributed by atoms with Crippen molar-refractivity contribution >= 4 is 33.9 Å². The zero-order valence-corrected chi connectivity index (χ0v) is 21.8. The van der Waals surface area contributed by atoms with Gasteiger partial charge < -0.3 is 20.3 Å². The minimum absolute atomic E-state index is 0.0174. The number of fused-ring (bicyclic) bond motifs is 1. The SMILES string of the molecule is CN(C)Cc1ccc(N=C(c2ccccc2)c2c(O)[nH]c3cc(C#CC(=O)Nc4ccccc4)ccc23)cc1. The van der Waals surface area contributed by atoms with E-state index in [1.165, 1.54) is 5.56 Å². The Bertz CT molecular complexity index is 1690. The summed E-state index contributed by atoms with van der Waals surface area (Å²) in [6.45, 7) is 0.845. The van der Waals surface area contributed by atoms with Gasteiger partial charge in [0.25, 0.3) is 0 Å². The van der Waals surface area contributed by atoms with Crippen molar-refractivity contribution in [2.45, 2.75) is 6.54 Å². The molecule has 0 bridgehead atoms. The zero-order valence-electron chi connectivity index (χ0n) is 21.8. The molecule has 39 heavy (non-hydrogen) atoms. The predicted molar refractivity (Wildman–Crippen MR) is 157 cm³/mol. The first-order valence-corrected chi connectivity index (χ1v) is 12.6. The van der Waals surface area contributed by atoms with Crippen molar-refractivity contribution < 1.29 is 9.90 Å². The van der Waals surface area contributed by atoms with Crippen LogP contribution in [-0.2, 0) is 11.3 Å². The maximum absolute atomic E-state index is 12.3. The summed E-state index contributed by atoms with van der Waals surface area (Å²) in [5.41, 5.74) is 6.16. The lowest BCUT2D eigenvalue weighted by molar-refractivity contribution is -0.111. The summed E-state index contributed by atoms with van der Waals surface area (Å²) in [5.74, 6) is 5.16. The van der Waals surface area contributed by atoms with Crippen LogP contribution in [0.2, 0.25) is 0 Å². The highest BCUT2D eigenvalue weighted by molar-refractivity contribution is 6.22. The Labute approximate surface area is 227 Å². The Morgan fingerprint density at radius 1 is 0.923 bits per heavy atom. The van der Waals surface area contributed by atoms with Crippen molar-refractivity contribution in [3.05, 3.63) is 125 Å². The number of aliphatic imine (C=N–C) groups is 1. The summed E-state index contributed by atoms with van der Waals surface area (Å²) < 4.78 is 0. The van der Waals surface area contributed by atoms with Gasteiger partial charge >= 0.3 is 5.91 Å². The molecule has 6 nitrogen and oxygen atoms in total. The molecule has 192 valence electrons. The number of aromatic amines is 1. The molecule has 0 fully saturated rings. The van der Waals surface area contributed by atoms with Crippen LogP contribution in [0.3, 0.4) is 0 Å². The minimum atomic E-state index is -0.397. The van der Waals surface area contributed by atoms with Gasteiger partial charge in [0.1, 0.15) is 0 Å². The fourth-order valence-corrected chi connectivity index (χ4v) is 4.34. The highest BCUT2D eigenvalue weighted by atomic mass is 16.3. The number of hydrogen-bond acceptors (Lipinski definition) is 4. The smallest absolute Gasteiger partial charge is 0.300 e. The normalized spacial score (nSPS) is 11.3. The van der Waals surface area contributed by atoms with Gasteiger partial charge in [-0.05, 0) is 56.1 Å². The van der Waals surface area contributed by atoms with Crippen LogP contribution in [0.25, 0.3) is 10.9 Å². The summed E-state index contributed by atoms with van der Waals surface area (Å²) in [4.78, 5) is 22.4. The number of nitrogens with one attached hydrogen (secondary N) is 2. The third kappa shape index (κ3) is 6.24. The highest BCUT2D eigenvalue weighted by Gasteiger charge is 2.19. The monoisotopic (exact) mass is 512 g/mol. The predicted octanol–water partition coefficient (Wildman–Crippen LogP) is 6.09. The molecule has 5 aromatic rings. The van der Waals surface area contributed by atoms with E-state index in [0.717, 1.165) is 23.2 Å². The van der Waals surface area contributed by atoms with Gasteiger partial charge in [-0.2, -0.15) is 0 Å². The molecule has 0 aliphatic carbocycles. The van der Waals surface area contributed by atoms with E-state index in [1.807, 2.05) is 93.0 Å². The van der Waals surface area contributed by atoms with Crippen LogP contribution < -0.4 is 5.32 Å². The van der Waals surface area contributed by atoms with Gasteiger partial charge in [-0.3, -0.25) is 4.79 Å². The van der Waals surface area contributed by atoms with Gasteiger partial charge in [-0.15, -0.1) is 0 Å². The molecular formula is C33H28N4O2. The van der Waals surface area contributed by atoms with E-state index in [9.17, 15) is 9.90 Å². The standard InChI is InChI=1S/C33H28N4O2/c1-37(2)22-24-13-17-27(18-14-24)35-32(25-9-5-3-6-10-25)31-28-19-15-23(21-29(28)36-33(31)39)16-20-30(38)34-26-11-7-4-8-12-26/h3-15,17-19,21,36,39H,22H2,1-2H3,(H,34,38). The zero-order chi connectivity index (χ0) is 27.2.